The zero-order chi connectivity index (χ0) is 22.2. The molecule has 8 nitrogen and oxygen atoms in total. The molecule has 1 amide bonds. The maximum absolute atomic E-state index is 13.0. The molecule has 0 radical (unpaired) electrons. The lowest BCUT2D eigenvalue weighted by molar-refractivity contribution is -0.137. The first-order valence-corrected chi connectivity index (χ1v) is 12.4. The van der Waals surface area contributed by atoms with Gasteiger partial charge < -0.3 is 14.4 Å². The summed E-state index contributed by atoms with van der Waals surface area (Å²) in [5, 5.41) is 0.785. The quantitative estimate of drug-likeness (QED) is 0.691. The number of aromatic nitrogens is 2. The molecule has 2 aliphatic rings. The van der Waals surface area contributed by atoms with E-state index in [1.807, 2.05) is 29.2 Å². The fourth-order valence-corrected chi connectivity index (χ4v) is 5.92. The summed E-state index contributed by atoms with van der Waals surface area (Å²) in [6, 6.07) is 7.76. The number of imidazole rings is 1. The van der Waals surface area contributed by atoms with Gasteiger partial charge in [-0.2, -0.15) is 4.31 Å². The number of rotatable bonds is 4. The molecule has 0 N–H and O–H groups in total. The molecule has 0 bridgehead atoms. The Hall–Kier alpha value is -2.10. The van der Waals surface area contributed by atoms with Gasteiger partial charge >= 0.3 is 0 Å². The average molecular weight is 466 g/mol. The van der Waals surface area contributed by atoms with Gasteiger partial charge in [0.25, 0.3) is 10.0 Å². The number of hydrogen-bond acceptors (Lipinski definition) is 5. The highest BCUT2D eigenvalue weighted by Gasteiger charge is 2.35. The number of carbonyl (C=O) groups is 1. The first-order valence-electron chi connectivity index (χ1n) is 10.5. The van der Waals surface area contributed by atoms with Crippen molar-refractivity contribution in [3.63, 3.8) is 0 Å². The van der Waals surface area contributed by atoms with Gasteiger partial charge in [0.05, 0.1) is 0 Å². The van der Waals surface area contributed by atoms with Crippen LogP contribution in [-0.4, -0.2) is 72.3 Å². The number of anilines is 1. The standard InChI is InChI=1S/C21H28ClN5O3S/c1-16-23-20(15-24(16)2)31(29,30)27-8-6-17(7-9-27)21(28)26-12-10-25(11-13-26)19-5-3-4-18(22)14-19/h3-5,14-15,17H,6-13H2,1-2H3. The summed E-state index contributed by atoms with van der Waals surface area (Å²) in [4.78, 5) is 21.3. The Morgan fingerprint density at radius 2 is 1.77 bits per heavy atom. The SMILES string of the molecule is Cc1nc(S(=O)(=O)N2CCC(C(=O)N3CCN(c4cccc(Cl)c4)CC3)CC2)cn1C. The van der Waals surface area contributed by atoms with Gasteiger partial charge in [0.15, 0.2) is 5.03 Å². The predicted octanol–water partition coefficient (Wildman–Crippen LogP) is 2.13. The third kappa shape index (κ3) is 4.58. The molecule has 2 saturated heterocycles. The lowest BCUT2D eigenvalue weighted by Crippen LogP contribution is -2.52. The van der Waals surface area contributed by atoms with Crippen LogP contribution in [0, 0.1) is 12.8 Å². The summed E-state index contributed by atoms with van der Waals surface area (Å²) in [5.41, 5.74) is 1.07. The fraction of sp³-hybridized carbons (Fsp3) is 0.524. The molecule has 3 heterocycles. The fourth-order valence-electron chi connectivity index (χ4n) is 4.24. The molecule has 1 aromatic heterocycles. The predicted molar refractivity (Wildman–Crippen MR) is 120 cm³/mol. The number of piperidine rings is 1. The van der Waals surface area contributed by atoms with Gasteiger partial charge in [0.1, 0.15) is 5.82 Å². The van der Waals surface area contributed by atoms with Crippen LogP contribution >= 0.6 is 11.6 Å². The van der Waals surface area contributed by atoms with Crippen molar-refractivity contribution in [3.8, 4) is 0 Å². The minimum Gasteiger partial charge on any atom is -0.368 e. The van der Waals surface area contributed by atoms with Crippen molar-refractivity contribution in [2.45, 2.75) is 24.8 Å². The highest BCUT2D eigenvalue weighted by Crippen LogP contribution is 2.26. The van der Waals surface area contributed by atoms with Crippen molar-refractivity contribution in [2.24, 2.45) is 13.0 Å². The molecule has 2 aromatic rings. The van der Waals surface area contributed by atoms with E-state index in [1.54, 1.807) is 24.7 Å². The van der Waals surface area contributed by atoms with Crippen molar-refractivity contribution in [2.75, 3.05) is 44.2 Å². The van der Waals surface area contributed by atoms with Crippen LogP contribution in [0.3, 0.4) is 0 Å². The van der Waals surface area contributed by atoms with E-state index >= 15 is 0 Å². The summed E-state index contributed by atoms with van der Waals surface area (Å²) < 4.78 is 28.9. The molecule has 0 spiro atoms. The second-order valence-corrected chi connectivity index (χ2v) is 10.5. The molecule has 31 heavy (non-hydrogen) atoms. The summed E-state index contributed by atoms with van der Waals surface area (Å²) >= 11 is 6.09. The van der Waals surface area contributed by atoms with E-state index < -0.39 is 10.0 Å². The van der Waals surface area contributed by atoms with E-state index in [4.69, 9.17) is 11.6 Å². The Bertz CT molecular complexity index is 1040. The maximum Gasteiger partial charge on any atom is 0.262 e. The zero-order valence-corrected chi connectivity index (χ0v) is 19.4. The van der Waals surface area contributed by atoms with Gasteiger partial charge in [-0.1, -0.05) is 17.7 Å². The van der Waals surface area contributed by atoms with Gasteiger partial charge in [0, 0.05) is 69.1 Å². The summed E-state index contributed by atoms with van der Waals surface area (Å²) in [5.74, 6) is 0.659. The van der Waals surface area contributed by atoms with Crippen molar-refractivity contribution in [1.29, 1.82) is 0 Å². The Balaban J connectivity index is 1.31. The molecule has 4 rings (SSSR count). The molecule has 0 aliphatic carbocycles. The number of amides is 1. The number of sulfonamides is 1. The topological polar surface area (TPSA) is 78.8 Å². The van der Waals surface area contributed by atoms with Crippen LogP contribution in [-0.2, 0) is 21.9 Å². The van der Waals surface area contributed by atoms with Crippen molar-refractivity contribution >= 4 is 33.2 Å². The first-order chi connectivity index (χ1) is 14.8. The Morgan fingerprint density at radius 1 is 1.10 bits per heavy atom. The lowest BCUT2D eigenvalue weighted by atomic mass is 9.96. The van der Waals surface area contributed by atoms with Crippen molar-refractivity contribution in [3.05, 3.63) is 41.3 Å². The van der Waals surface area contributed by atoms with E-state index in [0.29, 0.717) is 49.9 Å². The zero-order valence-electron chi connectivity index (χ0n) is 17.9. The van der Waals surface area contributed by atoms with Gasteiger partial charge in [-0.25, -0.2) is 13.4 Å². The number of hydrogen-bond donors (Lipinski definition) is 0. The van der Waals surface area contributed by atoms with E-state index in [9.17, 15) is 13.2 Å². The van der Waals surface area contributed by atoms with Crippen LogP contribution in [0.4, 0.5) is 5.69 Å². The lowest BCUT2D eigenvalue weighted by Gasteiger charge is -2.39. The monoisotopic (exact) mass is 465 g/mol. The largest absolute Gasteiger partial charge is 0.368 e. The number of benzene rings is 1. The van der Waals surface area contributed by atoms with E-state index in [2.05, 4.69) is 9.88 Å². The van der Waals surface area contributed by atoms with Crippen LogP contribution in [0.1, 0.15) is 18.7 Å². The third-order valence-corrected chi connectivity index (χ3v) is 8.26. The smallest absolute Gasteiger partial charge is 0.262 e. The second kappa shape index (κ2) is 8.80. The molecule has 2 fully saturated rings. The Kier molecular flexibility index (Phi) is 6.27. The van der Waals surface area contributed by atoms with Crippen molar-refractivity contribution < 1.29 is 13.2 Å². The van der Waals surface area contributed by atoms with Gasteiger partial charge in [0.2, 0.25) is 5.91 Å². The molecule has 10 heteroatoms. The summed E-state index contributed by atoms with van der Waals surface area (Å²) in [7, 11) is -1.84. The number of aryl methyl sites for hydroxylation is 2. The minimum absolute atomic E-state index is 0.0782. The molecule has 0 unspecified atom stereocenters. The maximum atomic E-state index is 13.0. The van der Waals surface area contributed by atoms with Crippen LogP contribution in [0.2, 0.25) is 5.02 Å². The number of halogens is 1. The van der Waals surface area contributed by atoms with Crippen molar-refractivity contribution in [1.82, 2.24) is 18.8 Å². The molecular weight excluding hydrogens is 438 g/mol. The summed E-state index contributed by atoms with van der Waals surface area (Å²) in [6.45, 7) is 5.31. The van der Waals surface area contributed by atoms with Crippen LogP contribution in [0.5, 0.6) is 0 Å². The van der Waals surface area contributed by atoms with Gasteiger partial charge in [-0.05, 0) is 38.0 Å². The second-order valence-electron chi connectivity index (χ2n) is 8.21. The molecular formula is C21H28ClN5O3S. The van der Waals surface area contributed by atoms with E-state index in [1.165, 1.54) is 4.31 Å². The highest BCUT2D eigenvalue weighted by molar-refractivity contribution is 7.89. The molecule has 168 valence electrons. The number of piperazine rings is 1. The number of nitrogens with zero attached hydrogens (tertiary/aromatic N) is 5. The molecule has 0 atom stereocenters. The minimum atomic E-state index is -3.62. The van der Waals surface area contributed by atoms with E-state index in [-0.39, 0.29) is 16.9 Å². The normalized spacial score (nSPS) is 19.1. The average Bonchev–Trinajstić information content (AvgIpc) is 3.12. The first kappa shape index (κ1) is 22.1. The Morgan fingerprint density at radius 3 is 2.35 bits per heavy atom. The van der Waals surface area contributed by atoms with Gasteiger partial charge in [-0.15, -0.1) is 0 Å². The highest BCUT2D eigenvalue weighted by atomic mass is 35.5. The molecule has 0 saturated carbocycles. The van der Waals surface area contributed by atoms with Crippen LogP contribution < -0.4 is 4.90 Å². The van der Waals surface area contributed by atoms with E-state index in [0.717, 1.165) is 18.8 Å². The van der Waals surface area contributed by atoms with Crippen LogP contribution in [0.25, 0.3) is 0 Å². The summed E-state index contributed by atoms with van der Waals surface area (Å²) in [6.07, 6.45) is 2.62. The molecule has 2 aliphatic heterocycles. The molecule has 1 aromatic carbocycles. The third-order valence-electron chi connectivity index (χ3n) is 6.26. The Labute approximate surface area is 188 Å². The van der Waals surface area contributed by atoms with Crippen LogP contribution in [0.15, 0.2) is 35.5 Å². The van der Waals surface area contributed by atoms with Gasteiger partial charge in [-0.3, -0.25) is 4.79 Å². The number of carbonyl (C=O) groups excluding carboxylic acids is 1.